The number of rotatable bonds is 5. The fraction of sp³-hybridized carbons (Fsp3) is 0.154. The number of anilines is 2. The van der Waals surface area contributed by atoms with Crippen LogP contribution < -0.4 is 10.5 Å². The summed E-state index contributed by atoms with van der Waals surface area (Å²) in [4.78, 5) is 3.88. The first kappa shape index (κ1) is 14.6. The van der Waals surface area contributed by atoms with Crippen molar-refractivity contribution in [2.75, 3.05) is 16.2 Å². The van der Waals surface area contributed by atoms with Crippen molar-refractivity contribution in [2.45, 2.75) is 6.42 Å². The van der Waals surface area contributed by atoms with Gasteiger partial charge in [0.25, 0.3) is 0 Å². The number of nitrogens with two attached hydrogens (primary N) is 1. The van der Waals surface area contributed by atoms with E-state index in [-0.39, 0.29) is 5.75 Å². The summed E-state index contributed by atoms with van der Waals surface area (Å²) >= 11 is 5.77. The minimum absolute atomic E-state index is 0.0287. The molecule has 0 aliphatic rings. The standard InChI is InChI=1S/C13H14ClN3O2S/c14-11-1-2-13(12(15)9-11)17-20(18,19)8-5-10-3-6-16-7-4-10/h1-4,6-7,9,17H,5,8,15H2. The van der Waals surface area contributed by atoms with Gasteiger partial charge in [0.15, 0.2) is 0 Å². The predicted molar refractivity (Wildman–Crippen MR) is 81.2 cm³/mol. The molecule has 1 aromatic heterocycles. The van der Waals surface area contributed by atoms with Gasteiger partial charge in [-0.15, -0.1) is 0 Å². The van der Waals surface area contributed by atoms with E-state index in [2.05, 4.69) is 9.71 Å². The fourth-order valence-electron chi connectivity index (χ4n) is 1.65. The summed E-state index contributed by atoms with van der Waals surface area (Å²) in [6.45, 7) is 0. The molecule has 0 bridgehead atoms. The van der Waals surface area contributed by atoms with E-state index in [1.54, 1.807) is 36.7 Å². The van der Waals surface area contributed by atoms with Gasteiger partial charge in [-0.3, -0.25) is 9.71 Å². The van der Waals surface area contributed by atoms with Crippen LogP contribution in [0, 0.1) is 0 Å². The minimum Gasteiger partial charge on any atom is -0.397 e. The van der Waals surface area contributed by atoms with Crippen molar-refractivity contribution in [3.8, 4) is 0 Å². The number of pyridine rings is 1. The third kappa shape index (κ3) is 4.11. The maximum absolute atomic E-state index is 12.0. The van der Waals surface area contributed by atoms with E-state index in [1.807, 2.05) is 0 Å². The molecule has 0 saturated heterocycles. The number of aryl methyl sites for hydroxylation is 1. The van der Waals surface area contributed by atoms with E-state index in [0.29, 0.717) is 22.8 Å². The topological polar surface area (TPSA) is 85.1 Å². The molecule has 20 heavy (non-hydrogen) atoms. The Labute approximate surface area is 122 Å². The molecule has 2 rings (SSSR count). The van der Waals surface area contributed by atoms with Crippen molar-refractivity contribution in [1.29, 1.82) is 0 Å². The second kappa shape index (κ2) is 6.11. The lowest BCUT2D eigenvalue weighted by molar-refractivity contribution is 0.600. The first-order chi connectivity index (χ1) is 9.46. The highest BCUT2D eigenvalue weighted by atomic mass is 35.5. The highest BCUT2D eigenvalue weighted by molar-refractivity contribution is 7.92. The van der Waals surface area contributed by atoms with Crippen LogP contribution in [-0.4, -0.2) is 19.2 Å². The van der Waals surface area contributed by atoms with Gasteiger partial charge in [0.2, 0.25) is 10.0 Å². The molecular formula is C13H14ClN3O2S. The number of sulfonamides is 1. The average Bonchev–Trinajstić information content (AvgIpc) is 2.41. The molecule has 0 radical (unpaired) electrons. The van der Waals surface area contributed by atoms with E-state index in [4.69, 9.17) is 17.3 Å². The lowest BCUT2D eigenvalue weighted by Crippen LogP contribution is -2.19. The Morgan fingerprint density at radius 2 is 1.90 bits per heavy atom. The zero-order chi connectivity index (χ0) is 14.6. The van der Waals surface area contributed by atoms with E-state index >= 15 is 0 Å². The van der Waals surface area contributed by atoms with Crippen molar-refractivity contribution < 1.29 is 8.42 Å². The molecule has 106 valence electrons. The molecule has 0 aliphatic carbocycles. The monoisotopic (exact) mass is 311 g/mol. The number of benzene rings is 1. The van der Waals surface area contributed by atoms with Crippen LogP contribution in [0.15, 0.2) is 42.7 Å². The summed E-state index contributed by atoms with van der Waals surface area (Å²) in [5.41, 5.74) is 7.26. The van der Waals surface area contributed by atoms with Crippen molar-refractivity contribution in [3.05, 3.63) is 53.3 Å². The van der Waals surface area contributed by atoms with Gasteiger partial charge in [-0.25, -0.2) is 8.42 Å². The van der Waals surface area contributed by atoms with Crippen LogP contribution in [0.2, 0.25) is 5.02 Å². The SMILES string of the molecule is Nc1cc(Cl)ccc1NS(=O)(=O)CCc1ccncc1. The second-order valence-corrected chi connectivity index (χ2v) is 6.54. The number of nitrogens with zero attached hydrogens (tertiary/aromatic N) is 1. The van der Waals surface area contributed by atoms with Gasteiger partial charge in [-0.05, 0) is 42.3 Å². The number of hydrogen-bond acceptors (Lipinski definition) is 4. The molecule has 7 heteroatoms. The van der Waals surface area contributed by atoms with Gasteiger partial charge in [0.05, 0.1) is 17.1 Å². The van der Waals surface area contributed by atoms with E-state index in [0.717, 1.165) is 5.56 Å². The van der Waals surface area contributed by atoms with Gasteiger partial charge in [-0.2, -0.15) is 0 Å². The van der Waals surface area contributed by atoms with Crippen molar-refractivity contribution in [3.63, 3.8) is 0 Å². The number of hydrogen-bond donors (Lipinski definition) is 2. The third-order valence-electron chi connectivity index (χ3n) is 2.69. The van der Waals surface area contributed by atoms with Crippen LogP contribution in [0.1, 0.15) is 5.56 Å². The highest BCUT2D eigenvalue weighted by Crippen LogP contribution is 2.23. The Morgan fingerprint density at radius 1 is 1.20 bits per heavy atom. The lowest BCUT2D eigenvalue weighted by Gasteiger charge is -2.10. The van der Waals surface area contributed by atoms with Gasteiger partial charge < -0.3 is 5.73 Å². The second-order valence-electron chi connectivity index (χ2n) is 4.26. The summed E-state index contributed by atoms with van der Waals surface area (Å²) < 4.78 is 26.4. The normalized spacial score (nSPS) is 11.2. The smallest absolute Gasteiger partial charge is 0.233 e. The first-order valence-electron chi connectivity index (χ1n) is 5.91. The van der Waals surface area contributed by atoms with Crippen molar-refractivity contribution in [1.82, 2.24) is 4.98 Å². The molecule has 0 unspecified atom stereocenters. The summed E-state index contributed by atoms with van der Waals surface area (Å²) in [5, 5.41) is 0.460. The Balaban J connectivity index is 2.04. The molecule has 0 atom stereocenters. The predicted octanol–water partition coefficient (Wildman–Crippen LogP) is 2.30. The Kier molecular flexibility index (Phi) is 4.46. The molecule has 3 N–H and O–H groups in total. The van der Waals surface area contributed by atoms with Crippen molar-refractivity contribution in [2.24, 2.45) is 0 Å². The van der Waals surface area contributed by atoms with E-state index in [9.17, 15) is 8.42 Å². The Bertz CT molecular complexity index is 690. The summed E-state index contributed by atoms with van der Waals surface area (Å²) in [5.74, 6) is -0.0287. The molecule has 0 amide bonds. The number of halogens is 1. The minimum atomic E-state index is -3.46. The average molecular weight is 312 g/mol. The largest absolute Gasteiger partial charge is 0.397 e. The van der Waals surface area contributed by atoms with Crippen LogP contribution in [0.3, 0.4) is 0 Å². The quantitative estimate of drug-likeness (QED) is 0.830. The van der Waals surface area contributed by atoms with Gasteiger partial charge in [0, 0.05) is 17.4 Å². The maximum Gasteiger partial charge on any atom is 0.233 e. The van der Waals surface area contributed by atoms with Crippen molar-refractivity contribution >= 4 is 33.0 Å². The van der Waals surface area contributed by atoms with Gasteiger partial charge >= 0.3 is 0 Å². The molecule has 1 heterocycles. The lowest BCUT2D eigenvalue weighted by atomic mass is 10.2. The maximum atomic E-state index is 12.0. The molecule has 0 saturated carbocycles. The number of nitrogen functional groups attached to an aromatic ring is 1. The first-order valence-corrected chi connectivity index (χ1v) is 7.94. The van der Waals surface area contributed by atoms with Crippen LogP contribution in [0.5, 0.6) is 0 Å². The molecular weight excluding hydrogens is 298 g/mol. The van der Waals surface area contributed by atoms with Crippen LogP contribution in [-0.2, 0) is 16.4 Å². The van der Waals surface area contributed by atoms with Crippen LogP contribution in [0.4, 0.5) is 11.4 Å². The fourth-order valence-corrected chi connectivity index (χ4v) is 2.95. The summed E-state index contributed by atoms with van der Waals surface area (Å²) in [6, 6.07) is 8.20. The zero-order valence-corrected chi connectivity index (χ0v) is 12.2. The molecule has 1 aromatic carbocycles. The van der Waals surface area contributed by atoms with Crippen LogP contribution >= 0.6 is 11.6 Å². The zero-order valence-electron chi connectivity index (χ0n) is 10.6. The van der Waals surface area contributed by atoms with E-state index < -0.39 is 10.0 Å². The Hall–Kier alpha value is -1.79. The molecule has 0 aliphatic heterocycles. The molecule has 2 aromatic rings. The third-order valence-corrected chi connectivity index (χ3v) is 4.20. The Morgan fingerprint density at radius 3 is 2.55 bits per heavy atom. The number of nitrogens with one attached hydrogen (secondary N) is 1. The van der Waals surface area contributed by atoms with E-state index in [1.165, 1.54) is 6.07 Å². The van der Waals surface area contributed by atoms with Gasteiger partial charge in [0.1, 0.15) is 0 Å². The number of aromatic nitrogens is 1. The molecule has 0 fully saturated rings. The van der Waals surface area contributed by atoms with Gasteiger partial charge in [-0.1, -0.05) is 11.6 Å². The van der Waals surface area contributed by atoms with Crippen LogP contribution in [0.25, 0.3) is 0 Å². The molecule has 5 nitrogen and oxygen atoms in total. The highest BCUT2D eigenvalue weighted by Gasteiger charge is 2.12. The summed E-state index contributed by atoms with van der Waals surface area (Å²) in [6.07, 6.45) is 3.67. The summed E-state index contributed by atoms with van der Waals surface area (Å²) in [7, 11) is -3.46. The molecule has 0 spiro atoms.